The highest BCUT2D eigenvalue weighted by molar-refractivity contribution is 5.32. The molecule has 118 valence electrons. The van der Waals surface area contributed by atoms with E-state index in [0.29, 0.717) is 11.3 Å². The molecule has 1 heterocycles. The van der Waals surface area contributed by atoms with Crippen molar-refractivity contribution in [3.05, 3.63) is 71.8 Å². The molecule has 3 rings (SSSR count). The topological polar surface area (TPSA) is 39.9 Å². The SMILES string of the molecule is Fc1ccc(-n2ncnc2OCCc2ccc(F)cc2F)cc1. The van der Waals surface area contributed by atoms with Gasteiger partial charge in [0.25, 0.3) is 0 Å². The first-order valence-electron chi connectivity index (χ1n) is 6.86. The summed E-state index contributed by atoms with van der Waals surface area (Å²) in [5.74, 6) is -1.60. The zero-order valence-electron chi connectivity index (χ0n) is 11.9. The number of hydrogen-bond acceptors (Lipinski definition) is 3. The van der Waals surface area contributed by atoms with E-state index in [1.54, 1.807) is 0 Å². The molecule has 0 spiro atoms. The fourth-order valence-corrected chi connectivity index (χ4v) is 2.07. The van der Waals surface area contributed by atoms with Crippen molar-refractivity contribution in [1.82, 2.24) is 14.8 Å². The van der Waals surface area contributed by atoms with E-state index in [0.717, 1.165) is 6.07 Å². The number of aromatic nitrogens is 3. The molecule has 0 radical (unpaired) electrons. The van der Waals surface area contributed by atoms with E-state index in [1.807, 2.05) is 0 Å². The Morgan fingerprint density at radius 3 is 2.43 bits per heavy atom. The second-order valence-electron chi connectivity index (χ2n) is 4.77. The fourth-order valence-electron chi connectivity index (χ4n) is 2.07. The second-order valence-corrected chi connectivity index (χ2v) is 4.77. The third kappa shape index (κ3) is 3.50. The highest BCUT2D eigenvalue weighted by Gasteiger charge is 2.09. The van der Waals surface area contributed by atoms with Gasteiger partial charge in [0.15, 0.2) is 0 Å². The van der Waals surface area contributed by atoms with Crippen LogP contribution in [0.25, 0.3) is 5.69 Å². The fraction of sp³-hybridized carbons (Fsp3) is 0.125. The Hall–Kier alpha value is -2.83. The van der Waals surface area contributed by atoms with Gasteiger partial charge in [0.2, 0.25) is 0 Å². The van der Waals surface area contributed by atoms with Gasteiger partial charge in [-0.1, -0.05) is 6.07 Å². The van der Waals surface area contributed by atoms with Crippen LogP contribution in [-0.2, 0) is 6.42 Å². The lowest BCUT2D eigenvalue weighted by Crippen LogP contribution is -2.08. The lowest BCUT2D eigenvalue weighted by Gasteiger charge is -2.08. The van der Waals surface area contributed by atoms with Crippen LogP contribution < -0.4 is 4.74 Å². The van der Waals surface area contributed by atoms with Gasteiger partial charge in [0.05, 0.1) is 12.3 Å². The second kappa shape index (κ2) is 6.51. The summed E-state index contributed by atoms with van der Waals surface area (Å²) in [6, 6.07) is 9.28. The molecule has 4 nitrogen and oxygen atoms in total. The van der Waals surface area contributed by atoms with Crippen molar-refractivity contribution >= 4 is 0 Å². The summed E-state index contributed by atoms with van der Waals surface area (Å²) >= 11 is 0. The summed E-state index contributed by atoms with van der Waals surface area (Å²) in [5.41, 5.74) is 0.936. The molecule has 3 aromatic rings. The van der Waals surface area contributed by atoms with Gasteiger partial charge in [-0.15, -0.1) is 0 Å². The predicted octanol–water partition coefficient (Wildman–Crippen LogP) is 3.31. The summed E-state index contributed by atoms with van der Waals surface area (Å²) in [6.45, 7) is 0.141. The van der Waals surface area contributed by atoms with E-state index in [2.05, 4.69) is 10.1 Å². The van der Waals surface area contributed by atoms with Crippen molar-refractivity contribution in [2.75, 3.05) is 6.61 Å². The van der Waals surface area contributed by atoms with Crippen LogP contribution in [0.2, 0.25) is 0 Å². The molecular weight excluding hydrogens is 307 g/mol. The Bertz CT molecular complexity index is 803. The zero-order chi connectivity index (χ0) is 16.2. The van der Waals surface area contributed by atoms with E-state index < -0.39 is 11.6 Å². The van der Waals surface area contributed by atoms with Crippen LogP contribution in [0.1, 0.15) is 5.56 Å². The molecule has 0 atom stereocenters. The minimum atomic E-state index is -0.622. The van der Waals surface area contributed by atoms with E-state index >= 15 is 0 Å². The molecule has 0 aliphatic rings. The van der Waals surface area contributed by atoms with Gasteiger partial charge in [-0.2, -0.15) is 14.8 Å². The molecule has 0 unspecified atom stereocenters. The molecule has 0 N–H and O–H groups in total. The minimum absolute atomic E-state index is 0.141. The van der Waals surface area contributed by atoms with Crippen molar-refractivity contribution in [3.8, 4) is 11.7 Å². The van der Waals surface area contributed by atoms with Crippen LogP contribution in [0.5, 0.6) is 6.01 Å². The molecule has 23 heavy (non-hydrogen) atoms. The maximum absolute atomic E-state index is 13.5. The summed E-state index contributed by atoms with van der Waals surface area (Å²) in [7, 11) is 0. The molecule has 7 heteroatoms. The van der Waals surface area contributed by atoms with E-state index in [4.69, 9.17) is 4.74 Å². The largest absolute Gasteiger partial charge is 0.463 e. The maximum Gasteiger partial charge on any atom is 0.319 e. The van der Waals surface area contributed by atoms with Gasteiger partial charge in [0.1, 0.15) is 23.8 Å². The van der Waals surface area contributed by atoms with Gasteiger partial charge in [-0.05, 0) is 35.9 Å². The molecule has 0 aliphatic carbocycles. The van der Waals surface area contributed by atoms with Gasteiger partial charge < -0.3 is 4.74 Å². The molecule has 0 amide bonds. The van der Waals surface area contributed by atoms with E-state index in [1.165, 1.54) is 47.4 Å². The molecule has 0 saturated heterocycles. The molecule has 0 bridgehead atoms. The lowest BCUT2D eigenvalue weighted by atomic mass is 10.1. The lowest BCUT2D eigenvalue weighted by molar-refractivity contribution is 0.287. The standard InChI is InChI=1S/C16H12F3N3O/c17-12-3-5-14(6-4-12)22-16(20-10-21-22)23-8-7-11-1-2-13(18)9-15(11)19/h1-6,9-10H,7-8H2. The van der Waals surface area contributed by atoms with Crippen molar-refractivity contribution in [2.24, 2.45) is 0 Å². The zero-order valence-corrected chi connectivity index (χ0v) is 11.9. The number of rotatable bonds is 5. The van der Waals surface area contributed by atoms with Crippen molar-refractivity contribution in [1.29, 1.82) is 0 Å². The first-order valence-corrected chi connectivity index (χ1v) is 6.86. The smallest absolute Gasteiger partial charge is 0.319 e. The summed E-state index contributed by atoms with van der Waals surface area (Å²) < 4.78 is 46.2. The predicted molar refractivity (Wildman–Crippen MR) is 76.9 cm³/mol. The Labute approximate surface area is 130 Å². The van der Waals surface area contributed by atoms with Gasteiger partial charge in [-0.25, -0.2) is 13.2 Å². The van der Waals surface area contributed by atoms with Crippen molar-refractivity contribution in [3.63, 3.8) is 0 Å². The van der Waals surface area contributed by atoms with E-state index in [-0.39, 0.29) is 24.9 Å². The quantitative estimate of drug-likeness (QED) is 0.724. The van der Waals surface area contributed by atoms with Crippen LogP contribution in [0.4, 0.5) is 13.2 Å². The highest BCUT2D eigenvalue weighted by atomic mass is 19.1. The number of hydrogen-bond donors (Lipinski definition) is 0. The highest BCUT2D eigenvalue weighted by Crippen LogP contribution is 2.16. The number of halogens is 3. The van der Waals surface area contributed by atoms with Crippen LogP contribution in [-0.4, -0.2) is 21.4 Å². The van der Waals surface area contributed by atoms with Gasteiger partial charge >= 0.3 is 6.01 Å². The third-order valence-electron chi connectivity index (χ3n) is 3.21. The van der Waals surface area contributed by atoms with Crippen molar-refractivity contribution in [2.45, 2.75) is 6.42 Å². The normalized spacial score (nSPS) is 10.7. The molecule has 0 aliphatic heterocycles. The average Bonchev–Trinajstić information content (AvgIpc) is 2.99. The summed E-state index contributed by atoms with van der Waals surface area (Å²) in [4.78, 5) is 3.96. The van der Waals surface area contributed by atoms with Crippen LogP contribution in [0.3, 0.4) is 0 Å². The first-order chi connectivity index (χ1) is 11.1. The Balaban J connectivity index is 1.67. The number of benzene rings is 2. The summed E-state index contributed by atoms with van der Waals surface area (Å²) in [5, 5.41) is 4.01. The third-order valence-corrected chi connectivity index (χ3v) is 3.21. The molecule has 0 fully saturated rings. The minimum Gasteiger partial charge on any atom is -0.463 e. The van der Waals surface area contributed by atoms with Crippen LogP contribution >= 0.6 is 0 Å². The molecule has 2 aromatic carbocycles. The maximum atomic E-state index is 13.5. The van der Waals surface area contributed by atoms with Gasteiger partial charge in [0, 0.05) is 12.5 Å². The van der Waals surface area contributed by atoms with Crippen molar-refractivity contribution < 1.29 is 17.9 Å². The Morgan fingerprint density at radius 2 is 1.70 bits per heavy atom. The number of ether oxygens (including phenoxy) is 1. The monoisotopic (exact) mass is 319 g/mol. The number of nitrogens with zero attached hydrogens (tertiary/aromatic N) is 3. The van der Waals surface area contributed by atoms with Gasteiger partial charge in [-0.3, -0.25) is 0 Å². The van der Waals surface area contributed by atoms with Crippen LogP contribution in [0.15, 0.2) is 48.8 Å². The Morgan fingerprint density at radius 1 is 0.957 bits per heavy atom. The summed E-state index contributed by atoms with van der Waals surface area (Å²) in [6.07, 6.45) is 1.56. The van der Waals surface area contributed by atoms with Crippen LogP contribution in [0, 0.1) is 17.5 Å². The average molecular weight is 319 g/mol. The first kappa shape index (κ1) is 15.1. The van der Waals surface area contributed by atoms with E-state index in [9.17, 15) is 13.2 Å². The Kier molecular flexibility index (Phi) is 4.27. The molecule has 1 aromatic heterocycles. The molecular formula is C16H12F3N3O. The molecule has 0 saturated carbocycles.